The molecule has 1 atom stereocenters. The van der Waals surface area contributed by atoms with Gasteiger partial charge in [-0.25, -0.2) is 0 Å². The normalized spacial score (nSPS) is 23.1. The standard InChI is InChI=1S/C25H31ClN2O4/c1-14-20(24(31)28-8-6-5-7-9-28)21(15-10-16(26)23(30)19(11-15)32-4)22-17(27-14)12-25(2,3)13-18(22)29/h10-11,21,27,30H,5-9,12-13H2,1-4H3. The summed E-state index contributed by atoms with van der Waals surface area (Å²) in [5, 5.41) is 13.8. The van der Waals surface area contributed by atoms with E-state index in [0.29, 0.717) is 23.1 Å². The first-order valence-electron chi connectivity index (χ1n) is 11.2. The molecule has 1 fully saturated rings. The van der Waals surface area contributed by atoms with Crippen LogP contribution in [-0.2, 0) is 9.59 Å². The third-order valence-corrected chi connectivity index (χ3v) is 7.01. The Kier molecular flexibility index (Phi) is 6.01. The fourth-order valence-corrected chi connectivity index (χ4v) is 5.46. The molecule has 2 aliphatic heterocycles. The Labute approximate surface area is 194 Å². The molecule has 1 saturated heterocycles. The van der Waals surface area contributed by atoms with Crippen LogP contribution >= 0.6 is 11.6 Å². The molecule has 1 unspecified atom stereocenters. The van der Waals surface area contributed by atoms with Gasteiger partial charge in [-0.1, -0.05) is 25.4 Å². The maximum Gasteiger partial charge on any atom is 0.252 e. The number of methoxy groups -OCH3 is 1. The van der Waals surface area contributed by atoms with E-state index in [0.717, 1.165) is 50.2 Å². The van der Waals surface area contributed by atoms with Gasteiger partial charge in [0.25, 0.3) is 5.91 Å². The van der Waals surface area contributed by atoms with Crippen molar-refractivity contribution < 1.29 is 19.4 Å². The highest BCUT2D eigenvalue weighted by molar-refractivity contribution is 6.32. The van der Waals surface area contributed by atoms with Gasteiger partial charge in [0.15, 0.2) is 17.3 Å². The van der Waals surface area contributed by atoms with Crippen LogP contribution in [0.5, 0.6) is 11.5 Å². The zero-order chi connectivity index (χ0) is 23.2. The number of likely N-dealkylation sites (tertiary alicyclic amines) is 1. The minimum absolute atomic E-state index is 0.0355. The number of nitrogens with zero attached hydrogens (tertiary/aromatic N) is 1. The summed E-state index contributed by atoms with van der Waals surface area (Å²) in [6.45, 7) is 7.50. The Morgan fingerprint density at radius 1 is 1.22 bits per heavy atom. The van der Waals surface area contributed by atoms with Gasteiger partial charge in [0.1, 0.15) is 0 Å². The molecule has 2 heterocycles. The Balaban J connectivity index is 1.89. The van der Waals surface area contributed by atoms with Crippen LogP contribution in [0.2, 0.25) is 5.02 Å². The lowest BCUT2D eigenvalue weighted by Crippen LogP contribution is -2.43. The van der Waals surface area contributed by atoms with Gasteiger partial charge in [0.05, 0.1) is 12.1 Å². The number of Topliss-reactive ketones (excluding diaryl/α,β-unsaturated/α-hetero) is 1. The first kappa shape index (κ1) is 22.7. The van der Waals surface area contributed by atoms with Crippen LogP contribution in [0.1, 0.15) is 64.4 Å². The predicted octanol–water partition coefficient (Wildman–Crippen LogP) is 4.67. The summed E-state index contributed by atoms with van der Waals surface area (Å²) in [7, 11) is 1.46. The number of ether oxygens (including phenoxy) is 1. The molecular weight excluding hydrogens is 428 g/mol. The van der Waals surface area contributed by atoms with Gasteiger partial charge in [-0.15, -0.1) is 0 Å². The zero-order valence-corrected chi connectivity index (χ0v) is 19.9. The van der Waals surface area contributed by atoms with Crippen molar-refractivity contribution >= 4 is 23.3 Å². The number of ketones is 1. The Hall–Kier alpha value is -2.47. The largest absolute Gasteiger partial charge is 0.503 e. The molecule has 7 heteroatoms. The van der Waals surface area contributed by atoms with Crippen LogP contribution in [0.25, 0.3) is 0 Å². The molecule has 0 spiro atoms. The fourth-order valence-electron chi connectivity index (χ4n) is 5.24. The number of dihydropyridines is 1. The van der Waals surface area contributed by atoms with Gasteiger partial charge in [-0.3, -0.25) is 9.59 Å². The van der Waals surface area contributed by atoms with Crippen LogP contribution in [0.4, 0.5) is 0 Å². The number of hydrogen-bond acceptors (Lipinski definition) is 5. The number of rotatable bonds is 3. The summed E-state index contributed by atoms with van der Waals surface area (Å²) in [6.07, 6.45) is 4.22. The molecule has 1 amide bonds. The first-order chi connectivity index (χ1) is 15.1. The van der Waals surface area contributed by atoms with Gasteiger partial charge >= 0.3 is 0 Å². The Morgan fingerprint density at radius 3 is 2.56 bits per heavy atom. The highest BCUT2D eigenvalue weighted by Crippen LogP contribution is 2.49. The molecule has 172 valence electrons. The van der Waals surface area contributed by atoms with Crippen LogP contribution < -0.4 is 10.1 Å². The van der Waals surface area contributed by atoms with Crippen molar-refractivity contribution in [3.63, 3.8) is 0 Å². The van der Waals surface area contributed by atoms with Crippen molar-refractivity contribution in [3.05, 3.63) is 45.3 Å². The van der Waals surface area contributed by atoms with Gasteiger partial charge in [-0.2, -0.15) is 0 Å². The summed E-state index contributed by atoms with van der Waals surface area (Å²) in [4.78, 5) is 29.1. The van der Waals surface area contributed by atoms with Crippen LogP contribution in [0.3, 0.4) is 0 Å². The van der Waals surface area contributed by atoms with Gasteiger partial charge in [-0.05, 0) is 55.7 Å². The number of piperidine rings is 1. The molecule has 1 aliphatic carbocycles. The smallest absolute Gasteiger partial charge is 0.252 e. The number of amides is 1. The van der Waals surface area contributed by atoms with Crippen molar-refractivity contribution in [2.45, 2.75) is 58.8 Å². The van der Waals surface area contributed by atoms with Crippen molar-refractivity contribution in [1.82, 2.24) is 10.2 Å². The number of nitrogens with one attached hydrogen (secondary N) is 1. The average Bonchev–Trinajstić information content (AvgIpc) is 2.74. The second kappa shape index (κ2) is 8.47. The molecule has 1 aromatic carbocycles. The number of hydrogen-bond donors (Lipinski definition) is 2. The lowest BCUT2D eigenvalue weighted by atomic mass is 9.68. The van der Waals surface area contributed by atoms with E-state index in [1.165, 1.54) is 7.11 Å². The fraction of sp³-hybridized carbons (Fsp3) is 0.520. The lowest BCUT2D eigenvalue weighted by Gasteiger charge is -2.41. The molecule has 0 radical (unpaired) electrons. The Morgan fingerprint density at radius 2 is 1.91 bits per heavy atom. The topological polar surface area (TPSA) is 78.9 Å². The van der Waals surface area contributed by atoms with E-state index < -0.39 is 5.92 Å². The molecule has 4 rings (SSSR count). The quantitative estimate of drug-likeness (QED) is 0.688. The van der Waals surface area contributed by atoms with Gasteiger partial charge in [0, 0.05) is 48.0 Å². The molecule has 6 nitrogen and oxygen atoms in total. The number of halogens is 1. The minimum atomic E-state index is -0.559. The van der Waals surface area contributed by atoms with E-state index in [4.69, 9.17) is 16.3 Å². The molecule has 0 bridgehead atoms. The number of carbonyl (C=O) groups excluding carboxylic acids is 2. The zero-order valence-electron chi connectivity index (χ0n) is 19.2. The van der Waals surface area contributed by atoms with Crippen LogP contribution in [0.15, 0.2) is 34.7 Å². The highest BCUT2D eigenvalue weighted by atomic mass is 35.5. The number of carbonyl (C=O) groups is 2. The summed E-state index contributed by atoms with van der Waals surface area (Å²) in [5.74, 6) is -0.502. The Bertz CT molecular complexity index is 1030. The number of allylic oxidation sites excluding steroid dienone is 3. The van der Waals surface area contributed by atoms with Gasteiger partial charge in [0.2, 0.25) is 0 Å². The highest BCUT2D eigenvalue weighted by Gasteiger charge is 2.43. The average molecular weight is 459 g/mol. The van der Waals surface area contributed by atoms with E-state index in [-0.39, 0.29) is 33.6 Å². The van der Waals surface area contributed by atoms with E-state index >= 15 is 0 Å². The van der Waals surface area contributed by atoms with E-state index in [1.54, 1.807) is 12.1 Å². The van der Waals surface area contributed by atoms with E-state index in [2.05, 4.69) is 19.2 Å². The number of aromatic hydroxyl groups is 1. The lowest BCUT2D eigenvalue weighted by molar-refractivity contribution is -0.128. The number of benzene rings is 1. The SMILES string of the molecule is COc1cc(C2C(C(=O)N3CCCCC3)=C(C)NC3=C2C(=O)CC(C)(C)C3)cc(Cl)c1O. The van der Waals surface area contributed by atoms with Crippen molar-refractivity contribution in [3.8, 4) is 11.5 Å². The van der Waals surface area contributed by atoms with E-state index in [9.17, 15) is 14.7 Å². The molecule has 1 aromatic rings. The third-order valence-electron chi connectivity index (χ3n) is 6.72. The second-order valence-electron chi connectivity index (χ2n) is 9.84. The molecule has 32 heavy (non-hydrogen) atoms. The summed E-state index contributed by atoms with van der Waals surface area (Å²) in [5.41, 5.74) is 3.34. The van der Waals surface area contributed by atoms with Crippen LogP contribution in [-0.4, -0.2) is 41.9 Å². The summed E-state index contributed by atoms with van der Waals surface area (Å²) in [6, 6.07) is 3.33. The minimum Gasteiger partial charge on any atom is -0.503 e. The number of phenolic OH excluding ortho intramolecular Hbond substituents is 1. The van der Waals surface area contributed by atoms with Gasteiger partial charge < -0.3 is 20.1 Å². The predicted molar refractivity (Wildman–Crippen MR) is 124 cm³/mol. The summed E-state index contributed by atoms with van der Waals surface area (Å²) >= 11 is 6.33. The molecule has 0 saturated carbocycles. The molecular formula is C25H31ClN2O4. The van der Waals surface area contributed by atoms with Crippen molar-refractivity contribution in [2.24, 2.45) is 5.41 Å². The van der Waals surface area contributed by atoms with Crippen molar-refractivity contribution in [1.29, 1.82) is 0 Å². The molecule has 2 N–H and O–H groups in total. The monoisotopic (exact) mass is 458 g/mol. The third kappa shape index (κ3) is 4.01. The summed E-state index contributed by atoms with van der Waals surface area (Å²) < 4.78 is 5.33. The van der Waals surface area contributed by atoms with Crippen molar-refractivity contribution in [2.75, 3.05) is 20.2 Å². The maximum atomic E-state index is 13.7. The van der Waals surface area contributed by atoms with E-state index in [1.807, 2.05) is 11.8 Å². The first-order valence-corrected chi connectivity index (χ1v) is 11.6. The molecule has 3 aliphatic rings. The second-order valence-corrected chi connectivity index (χ2v) is 10.2. The maximum absolute atomic E-state index is 13.7. The van der Waals surface area contributed by atoms with Crippen LogP contribution in [0, 0.1) is 5.41 Å². The molecule has 0 aromatic heterocycles. The number of phenols is 1.